The number of benzene rings is 1. The molecule has 1 heterocycles. The van der Waals surface area contributed by atoms with Gasteiger partial charge in [0.05, 0.1) is 16.4 Å². The maximum atomic E-state index is 6.05. The zero-order chi connectivity index (χ0) is 12.3. The highest BCUT2D eigenvalue weighted by atomic mass is 79.9. The third-order valence-corrected chi connectivity index (χ3v) is 3.60. The first-order chi connectivity index (χ1) is 8.20. The summed E-state index contributed by atoms with van der Waals surface area (Å²) in [5.74, 6) is 0. The second-order valence-corrected chi connectivity index (χ2v) is 4.89. The summed E-state index contributed by atoms with van der Waals surface area (Å²) in [4.78, 5) is 0. The number of nitrogens with one attached hydrogen (secondary N) is 1. The summed E-state index contributed by atoms with van der Waals surface area (Å²) in [6, 6.07) is 7.78. The number of rotatable bonds is 4. The molecule has 1 aromatic carbocycles. The van der Waals surface area contributed by atoms with Crippen LogP contribution in [0.15, 0.2) is 34.9 Å². The van der Waals surface area contributed by atoms with Gasteiger partial charge in [-0.1, -0.05) is 18.5 Å². The molecule has 2 rings (SSSR count). The molecule has 0 aliphatic rings. The van der Waals surface area contributed by atoms with E-state index in [1.54, 1.807) is 0 Å². The molecule has 0 aliphatic heterocycles. The van der Waals surface area contributed by atoms with Crippen LogP contribution in [0.4, 0.5) is 0 Å². The van der Waals surface area contributed by atoms with E-state index in [9.17, 15) is 0 Å². The molecule has 5 heteroatoms. The molecule has 0 atom stereocenters. The Kier molecular flexibility index (Phi) is 4.20. The van der Waals surface area contributed by atoms with Crippen LogP contribution in [0.1, 0.15) is 12.6 Å². The second-order valence-electron chi connectivity index (χ2n) is 3.63. The van der Waals surface area contributed by atoms with Gasteiger partial charge in [-0.15, -0.1) is 0 Å². The molecule has 0 saturated heterocycles. The number of halogens is 2. The van der Waals surface area contributed by atoms with Crippen LogP contribution in [-0.2, 0) is 6.54 Å². The lowest BCUT2D eigenvalue weighted by Gasteiger charge is -2.03. The van der Waals surface area contributed by atoms with Gasteiger partial charge in [0.15, 0.2) is 0 Å². The van der Waals surface area contributed by atoms with Crippen molar-refractivity contribution in [2.75, 3.05) is 6.54 Å². The van der Waals surface area contributed by atoms with Gasteiger partial charge in [0, 0.05) is 17.2 Å². The molecule has 0 fully saturated rings. The lowest BCUT2D eigenvalue weighted by atomic mass is 10.3. The van der Waals surface area contributed by atoms with Crippen LogP contribution < -0.4 is 5.32 Å². The molecular weight excluding hydrogens is 302 g/mol. The number of hydrogen-bond acceptors (Lipinski definition) is 2. The Morgan fingerprint density at radius 2 is 2.24 bits per heavy atom. The van der Waals surface area contributed by atoms with E-state index in [2.05, 4.69) is 33.3 Å². The first-order valence-corrected chi connectivity index (χ1v) is 6.58. The third-order valence-electron chi connectivity index (χ3n) is 2.37. The van der Waals surface area contributed by atoms with E-state index in [0.29, 0.717) is 5.02 Å². The van der Waals surface area contributed by atoms with Crippen LogP contribution in [0.25, 0.3) is 5.69 Å². The predicted octanol–water partition coefficient (Wildman–Crippen LogP) is 3.40. The van der Waals surface area contributed by atoms with Crippen LogP contribution in [0, 0.1) is 0 Å². The van der Waals surface area contributed by atoms with Crippen molar-refractivity contribution in [2.24, 2.45) is 0 Å². The van der Waals surface area contributed by atoms with Crippen LogP contribution in [0.5, 0.6) is 0 Å². The summed E-state index contributed by atoms with van der Waals surface area (Å²) in [5, 5.41) is 8.40. The molecule has 1 N–H and O–H groups in total. The maximum absolute atomic E-state index is 6.05. The fourth-order valence-corrected chi connectivity index (χ4v) is 1.90. The number of nitrogens with zero attached hydrogens (tertiary/aromatic N) is 2. The van der Waals surface area contributed by atoms with Gasteiger partial charge in [0.25, 0.3) is 0 Å². The zero-order valence-electron chi connectivity index (χ0n) is 9.45. The van der Waals surface area contributed by atoms with Gasteiger partial charge in [-0.3, -0.25) is 0 Å². The summed E-state index contributed by atoms with van der Waals surface area (Å²) in [7, 11) is 0. The van der Waals surface area contributed by atoms with Gasteiger partial charge in [-0.05, 0) is 46.7 Å². The zero-order valence-corrected chi connectivity index (χ0v) is 11.8. The molecule has 17 heavy (non-hydrogen) atoms. The molecule has 1 aromatic heterocycles. The Morgan fingerprint density at radius 3 is 2.94 bits per heavy atom. The summed E-state index contributed by atoms with van der Waals surface area (Å²) < 4.78 is 2.72. The van der Waals surface area contributed by atoms with Gasteiger partial charge in [-0.25, -0.2) is 4.68 Å². The van der Waals surface area contributed by atoms with Gasteiger partial charge in [0.2, 0.25) is 0 Å². The highest BCUT2D eigenvalue weighted by molar-refractivity contribution is 9.10. The maximum Gasteiger partial charge on any atom is 0.0766 e. The Labute approximate surface area is 114 Å². The number of aromatic nitrogens is 2. The van der Waals surface area contributed by atoms with E-state index in [-0.39, 0.29) is 0 Å². The average molecular weight is 315 g/mol. The lowest BCUT2D eigenvalue weighted by Crippen LogP contribution is -2.12. The summed E-state index contributed by atoms with van der Waals surface area (Å²) >= 11 is 9.42. The van der Waals surface area contributed by atoms with Crippen molar-refractivity contribution >= 4 is 27.5 Å². The third kappa shape index (κ3) is 3.09. The topological polar surface area (TPSA) is 29.9 Å². The van der Waals surface area contributed by atoms with E-state index in [4.69, 9.17) is 11.6 Å². The van der Waals surface area contributed by atoms with Crippen molar-refractivity contribution in [1.29, 1.82) is 0 Å². The molecule has 0 amide bonds. The summed E-state index contributed by atoms with van der Waals surface area (Å²) in [6.45, 7) is 3.80. The lowest BCUT2D eigenvalue weighted by molar-refractivity contribution is 0.696. The molecule has 0 spiro atoms. The molecular formula is C12H13BrClN3. The molecule has 2 aromatic rings. The van der Waals surface area contributed by atoms with Gasteiger partial charge in [0.1, 0.15) is 0 Å². The van der Waals surface area contributed by atoms with Crippen molar-refractivity contribution < 1.29 is 0 Å². The minimum Gasteiger partial charge on any atom is -0.311 e. The molecule has 3 nitrogen and oxygen atoms in total. The van der Waals surface area contributed by atoms with Crippen LogP contribution in [-0.4, -0.2) is 16.3 Å². The van der Waals surface area contributed by atoms with Gasteiger partial charge >= 0.3 is 0 Å². The molecule has 0 aliphatic carbocycles. The first kappa shape index (κ1) is 12.6. The van der Waals surface area contributed by atoms with Gasteiger partial charge in [-0.2, -0.15) is 5.10 Å². The molecule has 0 saturated carbocycles. The quantitative estimate of drug-likeness (QED) is 0.937. The van der Waals surface area contributed by atoms with Crippen molar-refractivity contribution in [2.45, 2.75) is 13.5 Å². The summed E-state index contributed by atoms with van der Waals surface area (Å²) in [5.41, 5.74) is 1.98. The fraction of sp³-hybridized carbons (Fsp3) is 0.250. The summed E-state index contributed by atoms with van der Waals surface area (Å²) in [6.07, 6.45) is 1.94. The molecule has 90 valence electrons. The number of hydrogen-bond donors (Lipinski definition) is 1. The molecule has 0 radical (unpaired) electrons. The Bertz CT molecular complexity index is 510. The standard InChI is InChI=1S/C12H13BrClN3/c1-2-15-8-9-5-6-17(16-9)10-3-4-11(13)12(14)7-10/h3-7,15H,2,8H2,1H3. The normalized spacial score (nSPS) is 10.8. The van der Waals surface area contributed by atoms with E-state index in [0.717, 1.165) is 28.9 Å². The van der Waals surface area contributed by atoms with Crippen LogP contribution in [0.3, 0.4) is 0 Å². The Balaban J connectivity index is 2.21. The van der Waals surface area contributed by atoms with Crippen molar-refractivity contribution in [3.05, 3.63) is 45.7 Å². The monoisotopic (exact) mass is 313 g/mol. The molecule has 0 unspecified atom stereocenters. The second kappa shape index (κ2) is 5.67. The average Bonchev–Trinajstić information content (AvgIpc) is 2.79. The van der Waals surface area contributed by atoms with Crippen molar-refractivity contribution in [3.8, 4) is 5.69 Å². The smallest absolute Gasteiger partial charge is 0.0766 e. The minimum absolute atomic E-state index is 0.686. The van der Waals surface area contributed by atoms with Crippen molar-refractivity contribution in [3.63, 3.8) is 0 Å². The van der Waals surface area contributed by atoms with E-state index in [1.165, 1.54) is 0 Å². The van der Waals surface area contributed by atoms with Crippen molar-refractivity contribution in [1.82, 2.24) is 15.1 Å². The van der Waals surface area contributed by atoms with E-state index >= 15 is 0 Å². The highest BCUT2D eigenvalue weighted by Crippen LogP contribution is 2.24. The van der Waals surface area contributed by atoms with Crippen LogP contribution in [0.2, 0.25) is 5.02 Å². The highest BCUT2D eigenvalue weighted by Gasteiger charge is 2.03. The first-order valence-electron chi connectivity index (χ1n) is 5.41. The van der Waals surface area contributed by atoms with Gasteiger partial charge < -0.3 is 5.32 Å². The Hall–Kier alpha value is -0.840. The van der Waals surface area contributed by atoms with E-state index in [1.807, 2.05) is 35.1 Å². The molecule has 0 bridgehead atoms. The van der Waals surface area contributed by atoms with Crippen LogP contribution >= 0.6 is 27.5 Å². The fourth-order valence-electron chi connectivity index (χ4n) is 1.48. The minimum atomic E-state index is 0.686. The largest absolute Gasteiger partial charge is 0.311 e. The van der Waals surface area contributed by atoms with E-state index < -0.39 is 0 Å². The predicted molar refractivity (Wildman–Crippen MR) is 73.7 cm³/mol. The Morgan fingerprint density at radius 1 is 1.41 bits per heavy atom. The SMILES string of the molecule is CCNCc1ccn(-c2ccc(Br)c(Cl)c2)n1.